The lowest BCUT2D eigenvalue weighted by atomic mass is 9.95. The van der Waals surface area contributed by atoms with Crippen molar-refractivity contribution in [2.75, 3.05) is 5.32 Å². The van der Waals surface area contributed by atoms with Gasteiger partial charge in [-0.3, -0.25) is 4.79 Å². The minimum Gasteiger partial charge on any atom is -0.326 e. The smallest absolute Gasteiger partial charge is 0.229 e. The molecule has 0 bridgehead atoms. The number of hydrogen-bond acceptors (Lipinski definition) is 3. The second-order valence-electron chi connectivity index (χ2n) is 6.77. The molecule has 0 saturated heterocycles. The molecule has 0 saturated carbocycles. The summed E-state index contributed by atoms with van der Waals surface area (Å²) in [5.74, 6) is 0.0145. The summed E-state index contributed by atoms with van der Waals surface area (Å²) in [5, 5.41) is 3.94. The van der Waals surface area contributed by atoms with Crippen LogP contribution in [0.3, 0.4) is 0 Å². The van der Waals surface area contributed by atoms with Crippen molar-refractivity contribution in [2.24, 2.45) is 5.41 Å². The molecule has 0 aliphatic carbocycles. The first kappa shape index (κ1) is 15.7. The number of carbonyl (C=O) groups excluding carboxylic acids is 1. The fourth-order valence-corrected chi connectivity index (χ4v) is 3.13. The van der Waals surface area contributed by atoms with Crippen LogP contribution >= 0.6 is 11.3 Å². The second kappa shape index (κ2) is 5.78. The summed E-state index contributed by atoms with van der Waals surface area (Å²) in [6, 6.07) is 14.2. The van der Waals surface area contributed by atoms with Crippen LogP contribution in [0.5, 0.6) is 0 Å². The molecule has 0 unspecified atom stereocenters. The molecular formula is C19H20N2OS. The Bertz CT molecular complexity index is 857. The molecule has 0 atom stereocenters. The molecule has 118 valence electrons. The fraction of sp³-hybridized carbons (Fsp3) is 0.263. The van der Waals surface area contributed by atoms with Crippen molar-refractivity contribution in [3.63, 3.8) is 0 Å². The first-order chi connectivity index (χ1) is 10.8. The van der Waals surface area contributed by atoms with Gasteiger partial charge in [-0.15, -0.1) is 11.3 Å². The van der Waals surface area contributed by atoms with Crippen LogP contribution in [0.2, 0.25) is 0 Å². The number of amides is 1. The normalized spacial score (nSPS) is 11.7. The van der Waals surface area contributed by atoms with Gasteiger partial charge in [0.1, 0.15) is 5.01 Å². The van der Waals surface area contributed by atoms with Gasteiger partial charge in [-0.1, -0.05) is 26.8 Å². The van der Waals surface area contributed by atoms with Gasteiger partial charge in [-0.2, -0.15) is 0 Å². The molecule has 2 aromatic carbocycles. The molecular weight excluding hydrogens is 304 g/mol. The van der Waals surface area contributed by atoms with Crippen LogP contribution < -0.4 is 5.32 Å². The highest BCUT2D eigenvalue weighted by atomic mass is 32.1. The van der Waals surface area contributed by atoms with Gasteiger partial charge in [0.25, 0.3) is 0 Å². The summed E-state index contributed by atoms with van der Waals surface area (Å²) in [4.78, 5) is 16.7. The number of benzene rings is 2. The standard InChI is InChI=1S/C19H20N2OS/c1-12-5-10-16-15(11-12)21-17(23-16)13-6-8-14(9-7-13)20-18(22)19(2,3)4/h5-11H,1-4H3,(H,20,22). The molecule has 0 fully saturated rings. The van der Waals surface area contributed by atoms with Crippen LogP contribution in [0, 0.1) is 12.3 Å². The predicted octanol–water partition coefficient (Wildman–Crippen LogP) is 5.26. The van der Waals surface area contributed by atoms with Gasteiger partial charge >= 0.3 is 0 Å². The Hall–Kier alpha value is -2.20. The Morgan fingerprint density at radius 3 is 2.43 bits per heavy atom. The highest BCUT2D eigenvalue weighted by molar-refractivity contribution is 7.21. The molecule has 23 heavy (non-hydrogen) atoms. The monoisotopic (exact) mass is 324 g/mol. The number of rotatable bonds is 2. The zero-order valence-corrected chi connectivity index (χ0v) is 14.6. The zero-order valence-electron chi connectivity index (χ0n) is 13.8. The summed E-state index contributed by atoms with van der Waals surface area (Å²) in [7, 11) is 0. The van der Waals surface area contributed by atoms with Gasteiger partial charge in [0, 0.05) is 16.7 Å². The van der Waals surface area contributed by atoms with Crippen LogP contribution in [-0.4, -0.2) is 10.9 Å². The van der Waals surface area contributed by atoms with E-state index in [9.17, 15) is 4.79 Å². The zero-order chi connectivity index (χ0) is 16.6. The number of anilines is 1. The molecule has 0 aliphatic heterocycles. The van der Waals surface area contributed by atoms with Gasteiger partial charge in [-0.25, -0.2) is 4.98 Å². The van der Waals surface area contributed by atoms with Crippen LogP contribution in [0.4, 0.5) is 5.69 Å². The van der Waals surface area contributed by atoms with E-state index in [1.807, 2.05) is 45.0 Å². The molecule has 1 aromatic heterocycles. The number of thiazole rings is 1. The van der Waals surface area contributed by atoms with Crippen LogP contribution in [0.15, 0.2) is 42.5 Å². The van der Waals surface area contributed by atoms with E-state index in [1.54, 1.807) is 11.3 Å². The maximum Gasteiger partial charge on any atom is 0.229 e. The Labute approximate surface area is 140 Å². The Kier molecular flexibility index (Phi) is 3.94. The maximum absolute atomic E-state index is 12.0. The quantitative estimate of drug-likeness (QED) is 0.699. The third-order valence-corrected chi connectivity index (χ3v) is 4.70. The first-order valence-corrected chi connectivity index (χ1v) is 8.44. The lowest BCUT2D eigenvalue weighted by Gasteiger charge is -2.17. The number of carbonyl (C=O) groups is 1. The maximum atomic E-state index is 12.0. The summed E-state index contributed by atoms with van der Waals surface area (Å²) >= 11 is 1.68. The van der Waals surface area contributed by atoms with Crippen molar-refractivity contribution in [3.8, 4) is 10.6 Å². The fourth-order valence-electron chi connectivity index (χ4n) is 2.18. The Balaban J connectivity index is 1.85. The molecule has 0 aliphatic rings. The van der Waals surface area contributed by atoms with Gasteiger partial charge in [-0.05, 0) is 48.9 Å². The molecule has 3 rings (SSSR count). The molecule has 1 amide bonds. The molecule has 3 aromatic rings. The van der Waals surface area contributed by atoms with E-state index in [4.69, 9.17) is 4.98 Å². The summed E-state index contributed by atoms with van der Waals surface area (Å²) in [6.45, 7) is 7.78. The van der Waals surface area contributed by atoms with Crippen molar-refractivity contribution < 1.29 is 4.79 Å². The number of hydrogen-bond donors (Lipinski definition) is 1. The topological polar surface area (TPSA) is 42.0 Å². The third kappa shape index (κ3) is 3.42. The molecule has 0 radical (unpaired) electrons. The SMILES string of the molecule is Cc1ccc2sc(-c3ccc(NC(=O)C(C)(C)C)cc3)nc2c1. The molecule has 1 heterocycles. The van der Waals surface area contributed by atoms with E-state index in [0.717, 1.165) is 21.8 Å². The molecule has 0 spiro atoms. The number of aryl methyl sites for hydroxylation is 1. The highest BCUT2D eigenvalue weighted by Crippen LogP contribution is 2.31. The molecule has 4 heteroatoms. The number of nitrogens with zero attached hydrogens (tertiary/aromatic N) is 1. The van der Waals surface area contributed by atoms with E-state index >= 15 is 0 Å². The van der Waals surface area contributed by atoms with E-state index in [2.05, 4.69) is 30.4 Å². The minimum atomic E-state index is -0.399. The van der Waals surface area contributed by atoms with Crippen molar-refractivity contribution in [1.29, 1.82) is 0 Å². The van der Waals surface area contributed by atoms with Crippen molar-refractivity contribution in [1.82, 2.24) is 4.98 Å². The van der Waals surface area contributed by atoms with Crippen molar-refractivity contribution in [2.45, 2.75) is 27.7 Å². The van der Waals surface area contributed by atoms with E-state index < -0.39 is 5.41 Å². The van der Waals surface area contributed by atoms with E-state index in [1.165, 1.54) is 10.3 Å². The van der Waals surface area contributed by atoms with Gasteiger partial charge < -0.3 is 5.32 Å². The van der Waals surface area contributed by atoms with Gasteiger partial charge in [0.15, 0.2) is 0 Å². The Morgan fingerprint density at radius 1 is 1.09 bits per heavy atom. The molecule has 1 N–H and O–H groups in total. The first-order valence-electron chi connectivity index (χ1n) is 7.62. The average Bonchev–Trinajstić information content (AvgIpc) is 2.90. The van der Waals surface area contributed by atoms with Crippen molar-refractivity contribution >= 4 is 33.1 Å². The largest absolute Gasteiger partial charge is 0.326 e. The number of aromatic nitrogens is 1. The lowest BCUT2D eigenvalue weighted by molar-refractivity contribution is -0.123. The van der Waals surface area contributed by atoms with Crippen LogP contribution in [0.25, 0.3) is 20.8 Å². The van der Waals surface area contributed by atoms with E-state index in [0.29, 0.717) is 0 Å². The van der Waals surface area contributed by atoms with Gasteiger partial charge in [0.05, 0.1) is 10.2 Å². The van der Waals surface area contributed by atoms with Crippen LogP contribution in [-0.2, 0) is 4.79 Å². The Morgan fingerprint density at radius 2 is 1.78 bits per heavy atom. The average molecular weight is 324 g/mol. The van der Waals surface area contributed by atoms with Crippen LogP contribution in [0.1, 0.15) is 26.3 Å². The predicted molar refractivity (Wildman–Crippen MR) is 97.9 cm³/mol. The molecule has 3 nitrogen and oxygen atoms in total. The highest BCUT2D eigenvalue weighted by Gasteiger charge is 2.21. The van der Waals surface area contributed by atoms with Gasteiger partial charge in [0.2, 0.25) is 5.91 Å². The summed E-state index contributed by atoms with van der Waals surface area (Å²) in [6.07, 6.45) is 0. The number of fused-ring (bicyclic) bond motifs is 1. The van der Waals surface area contributed by atoms with Crippen molar-refractivity contribution in [3.05, 3.63) is 48.0 Å². The minimum absolute atomic E-state index is 0.0145. The summed E-state index contributed by atoms with van der Waals surface area (Å²) < 4.78 is 1.19. The third-order valence-electron chi connectivity index (χ3n) is 3.61. The second-order valence-corrected chi connectivity index (χ2v) is 7.80. The summed E-state index contributed by atoms with van der Waals surface area (Å²) in [5.41, 5.74) is 3.73. The number of nitrogens with one attached hydrogen (secondary N) is 1. The van der Waals surface area contributed by atoms with E-state index in [-0.39, 0.29) is 5.91 Å². The lowest BCUT2D eigenvalue weighted by Crippen LogP contribution is -2.27.